The highest BCUT2D eigenvalue weighted by atomic mass is 19.4. The topological polar surface area (TPSA) is 42.2 Å². The summed E-state index contributed by atoms with van der Waals surface area (Å²) >= 11 is 0. The largest absolute Gasteiger partial charge is 0.573 e. The van der Waals surface area contributed by atoms with Gasteiger partial charge < -0.3 is 9.47 Å². The molecule has 0 spiro atoms. The average Bonchev–Trinajstić information content (AvgIpc) is 2.56. The van der Waals surface area contributed by atoms with Gasteiger partial charge in [-0.1, -0.05) is 30.3 Å². The first-order valence-electron chi connectivity index (χ1n) is 7.58. The van der Waals surface area contributed by atoms with E-state index in [1.807, 2.05) is 31.2 Å². The van der Waals surface area contributed by atoms with Crippen molar-refractivity contribution in [3.05, 3.63) is 59.7 Å². The number of nitriles is 1. The third kappa shape index (κ3) is 5.88. The molecule has 0 N–H and O–H groups in total. The smallest absolute Gasteiger partial charge is 0.494 e. The molecule has 0 radical (unpaired) electrons. The first-order valence-corrected chi connectivity index (χ1v) is 7.58. The first kappa shape index (κ1) is 18.4. The van der Waals surface area contributed by atoms with E-state index in [1.165, 1.54) is 24.3 Å². The molecular formula is C19H16F3NO2. The number of nitrogens with zero attached hydrogens (tertiary/aromatic N) is 1. The van der Waals surface area contributed by atoms with Crippen molar-refractivity contribution in [2.24, 2.45) is 0 Å². The average molecular weight is 347 g/mol. The van der Waals surface area contributed by atoms with Gasteiger partial charge in [0.1, 0.15) is 11.5 Å². The Hall–Kier alpha value is -2.94. The minimum Gasteiger partial charge on any atom is -0.494 e. The number of ether oxygens (including phenoxy) is 2. The zero-order valence-corrected chi connectivity index (χ0v) is 13.5. The lowest BCUT2D eigenvalue weighted by atomic mass is 10.0. The summed E-state index contributed by atoms with van der Waals surface area (Å²) in [7, 11) is 0. The van der Waals surface area contributed by atoms with E-state index in [2.05, 4.69) is 10.8 Å². The van der Waals surface area contributed by atoms with Gasteiger partial charge in [0.15, 0.2) is 0 Å². The Labute approximate surface area is 143 Å². The van der Waals surface area contributed by atoms with E-state index in [1.54, 1.807) is 6.08 Å². The predicted molar refractivity (Wildman–Crippen MR) is 88.8 cm³/mol. The molecule has 2 aromatic carbocycles. The zero-order chi connectivity index (χ0) is 18.3. The molecule has 0 atom stereocenters. The normalized spacial score (nSPS) is 11.7. The maximum atomic E-state index is 12.2. The Balaban J connectivity index is 2.22. The van der Waals surface area contributed by atoms with Crippen LogP contribution in [0.25, 0.3) is 11.6 Å². The number of halogens is 3. The summed E-state index contributed by atoms with van der Waals surface area (Å²) in [6, 6.07) is 14.9. The molecule has 0 unspecified atom stereocenters. The summed E-state index contributed by atoms with van der Waals surface area (Å²) in [6.45, 7) is 2.45. The zero-order valence-electron chi connectivity index (χ0n) is 13.5. The van der Waals surface area contributed by atoms with Crippen LogP contribution in [0.5, 0.6) is 11.5 Å². The summed E-state index contributed by atoms with van der Waals surface area (Å²) < 4.78 is 45.8. The quantitative estimate of drug-likeness (QED) is 0.654. The van der Waals surface area contributed by atoms with Crippen LogP contribution in [-0.4, -0.2) is 13.0 Å². The van der Waals surface area contributed by atoms with Gasteiger partial charge in [-0.05, 0) is 47.9 Å². The van der Waals surface area contributed by atoms with Gasteiger partial charge in [0.05, 0.1) is 19.1 Å². The summed E-state index contributed by atoms with van der Waals surface area (Å²) in [5.74, 6) is 0.448. The van der Waals surface area contributed by atoms with Gasteiger partial charge in [0.2, 0.25) is 0 Å². The Morgan fingerprint density at radius 1 is 1.04 bits per heavy atom. The molecule has 2 rings (SSSR count). The molecule has 3 nitrogen and oxygen atoms in total. The van der Waals surface area contributed by atoms with Crippen LogP contribution in [0.4, 0.5) is 13.2 Å². The second-order valence-electron chi connectivity index (χ2n) is 5.08. The lowest BCUT2D eigenvalue weighted by Gasteiger charge is -2.09. The van der Waals surface area contributed by atoms with Crippen LogP contribution in [0, 0.1) is 11.3 Å². The van der Waals surface area contributed by atoms with Crippen LogP contribution in [0.15, 0.2) is 48.5 Å². The van der Waals surface area contributed by atoms with Crippen LogP contribution in [0.1, 0.15) is 24.5 Å². The molecule has 0 bridgehead atoms. The third-order valence-corrected chi connectivity index (χ3v) is 3.26. The lowest BCUT2D eigenvalue weighted by molar-refractivity contribution is -0.274. The Morgan fingerprint density at radius 2 is 1.64 bits per heavy atom. The fourth-order valence-corrected chi connectivity index (χ4v) is 2.22. The van der Waals surface area contributed by atoms with Crippen molar-refractivity contribution in [3.63, 3.8) is 0 Å². The van der Waals surface area contributed by atoms with Gasteiger partial charge in [-0.25, -0.2) is 0 Å². The molecule has 0 fully saturated rings. The van der Waals surface area contributed by atoms with Crippen molar-refractivity contribution in [2.45, 2.75) is 19.7 Å². The number of rotatable bonds is 6. The summed E-state index contributed by atoms with van der Waals surface area (Å²) in [5, 5.41) is 9.03. The standard InChI is InChI=1S/C19H16F3NO2/c1-2-24-17-9-5-15(6-10-17)16(11-12-23)13-14-3-7-18(8-4-14)25-19(20,21)22/h3-10,13H,2,11H2,1H3. The summed E-state index contributed by atoms with van der Waals surface area (Å²) in [6.07, 6.45) is -2.78. The van der Waals surface area contributed by atoms with E-state index >= 15 is 0 Å². The van der Waals surface area contributed by atoms with Crippen molar-refractivity contribution in [2.75, 3.05) is 6.61 Å². The number of hydrogen-bond acceptors (Lipinski definition) is 3. The first-order chi connectivity index (χ1) is 11.9. The molecule has 0 aliphatic rings. The van der Waals surface area contributed by atoms with Crippen molar-refractivity contribution in [1.82, 2.24) is 0 Å². The molecule has 0 saturated heterocycles. The van der Waals surface area contributed by atoms with Crippen LogP contribution >= 0.6 is 0 Å². The Kier molecular flexibility index (Phi) is 6.07. The SMILES string of the molecule is CCOc1ccc(C(=Cc2ccc(OC(F)(F)F)cc2)CC#N)cc1. The molecule has 6 heteroatoms. The van der Waals surface area contributed by atoms with E-state index in [4.69, 9.17) is 10.00 Å². The van der Waals surface area contributed by atoms with E-state index in [9.17, 15) is 13.2 Å². The van der Waals surface area contributed by atoms with E-state index in [-0.39, 0.29) is 12.2 Å². The molecule has 0 aromatic heterocycles. The number of hydrogen-bond donors (Lipinski definition) is 0. The minimum atomic E-state index is -4.72. The molecule has 0 amide bonds. The predicted octanol–water partition coefficient (Wildman–Crippen LogP) is 5.44. The summed E-state index contributed by atoms with van der Waals surface area (Å²) in [4.78, 5) is 0. The van der Waals surface area contributed by atoms with E-state index in [0.717, 1.165) is 16.9 Å². The Morgan fingerprint density at radius 3 is 2.16 bits per heavy atom. The molecule has 130 valence electrons. The molecule has 0 aliphatic heterocycles. The highest BCUT2D eigenvalue weighted by molar-refractivity contribution is 5.82. The van der Waals surface area contributed by atoms with Gasteiger partial charge in [-0.15, -0.1) is 13.2 Å². The lowest BCUT2D eigenvalue weighted by Crippen LogP contribution is -2.16. The maximum absolute atomic E-state index is 12.2. The molecule has 0 aliphatic carbocycles. The van der Waals surface area contributed by atoms with Crippen LogP contribution in [0.2, 0.25) is 0 Å². The highest BCUT2D eigenvalue weighted by Gasteiger charge is 2.30. The third-order valence-electron chi connectivity index (χ3n) is 3.26. The number of allylic oxidation sites excluding steroid dienone is 1. The fourth-order valence-electron chi connectivity index (χ4n) is 2.22. The van der Waals surface area contributed by atoms with E-state index < -0.39 is 6.36 Å². The molecule has 2 aromatic rings. The van der Waals surface area contributed by atoms with Crippen molar-refractivity contribution in [1.29, 1.82) is 5.26 Å². The Bertz CT molecular complexity index is 757. The molecular weight excluding hydrogens is 331 g/mol. The van der Waals surface area contributed by atoms with Gasteiger partial charge in [-0.3, -0.25) is 0 Å². The van der Waals surface area contributed by atoms with E-state index in [0.29, 0.717) is 12.2 Å². The van der Waals surface area contributed by atoms with Crippen LogP contribution in [0.3, 0.4) is 0 Å². The molecule has 0 saturated carbocycles. The minimum absolute atomic E-state index is 0.175. The number of benzene rings is 2. The number of alkyl halides is 3. The molecule has 25 heavy (non-hydrogen) atoms. The van der Waals surface area contributed by atoms with Gasteiger partial charge in [0.25, 0.3) is 0 Å². The highest BCUT2D eigenvalue weighted by Crippen LogP contribution is 2.26. The van der Waals surface area contributed by atoms with Gasteiger partial charge in [-0.2, -0.15) is 5.26 Å². The monoisotopic (exact) mass is 347 g/mol. The van der Waals surface area contributed by atoms with Gasteiger partial charge >= 0.3 is 6.36 Å². The molecule has 0 heterocycles. The van der Waals surface area contributed by atoms with Gasteiger partial charge in [0, 0.05) is 0 Å². The van der Waals surface area contributed by atoms with Crippen molar-refractivity contribution in [3.8, 4) is 17.6 Å². The second-order valence-corrected chi connectivity index (χ2v) is 5.08. The van der Waals surface area contributed by atoms with Crippen LogP contribution < -0.4 is 9.47 Å². The fraction of sp³-hybridized carbons (Fsp3) is 0.211. The van der Waals surface area contributed by atoms with Crippen molar-refractivity contribution < 1.29 is 22.6 Å². The second kappa shape index (κ2) is 8.25. The van der Waals surface area contributed by atoms with Crippen LogP contribution in [-0.2, 0) is 0 Å². The maximum Gasteiger partial charge on any atom is 0.573 e. The van der Waals surface area contributed by atoms with Crippen molar-refractivity contribution >= 4 is 11.6 Å². The summed E-state index contributed by atoms with van der Waals surface area (Å²) in [5.41, 5.74) is 2.28.